The Balaban J connectivity index is 0.00000324. The lowest BCUT2D eigenvalue weighted by molar-refractivity contribution is -0.137. The number of benzene rings is 4. The van der Waals surface area contributed by atoms with Gasteiger partial charge in [-0.1, -0.05) is 54.6 Å². The number of hydrogen-bond acceptors (Lipinski definition) is 1. The topological polar surface area (TPSA) is 29.1 Å². The number of carbonyl (C=O) groups excluding carboxylic acids is 1. The zero-order chi connectivity index (χ0) is 23.3. The minimum absolute atomic E-state index is 0. The molecule has 2 nitrogen and oxygen atoms in total. The second-order valence-corrected chi connectivity index (χ2v) is 11.1. The lowest BCUT2D eigenvalue weighted by Gasteiger charge is -2.27. The van der Waals surface area contributed by atoms with Gasteiger partial charge in [-0.15, -0.1) is 0 Å². The molecule has 4 aromatic carbocycles. The van der Waals surface area contributed by atoms with Crippen molar-refractivity contribution in [2.45, 2.75) is 6.18 Å². The van der Waals surface area contributed by atoms with Gasteiger partial charge in [0, 0.05) is 5.69 Å². The average molecular weight is 500 g/mol. The first-order valence-electron chi connectivity index (χ1n) is 10.4. The van der Waals surface area contributed by atoms with Gasteiger partial charge in [0.15, 0.2) is 6.16 Å². The first-order chi connectivity index (χ1) is 15.9. The maximum absolute atomic E-state index is 13.3. The highest BCUT2D eigenvalue weighted by Gasteiger charge is 2.47. The van der Waals surface area contributed by atoms with Crippen LogP contribution in [-0.2, 0) is 11.0 Å². The number of hydrogen-bond donors (Lipinski definition) is 1. The molecule has 7 heteroatoms. The second kappa shape index (κ2) is 10.9. The van der Waals surface area contributed by atoms with Gasteiger partial charge in [0.2, 0.25) is 0 Å². The Labute approximate surface area is 203 Å². The summed E-state index contributed by atoms with van der Waals surface area (Å²) in [6.07, 6.45) is -4.23. The van der Waals surface area contributed by atoms with Gasteiger partial charge >= 0.3 is 6.18 Å². The average Bonchev–Trinajstić information content (AvgIpc) is 2.84. The largest absolute Gasteiger partial charge is 1.00 e. The summed E-state index contributed by atoms with van der Waals surface area (Å²) >= 11 is 0. The summed E-state index contributed by atoms with van der Waals surface area (Å²) in [6, 6.07) is 34.4. The predicted octanol–water partition coefficient (Wildman–Crippen LogP) is 2.64. The third-order valence-electron chi connectivity index (χ3n) is 5.47. The highest BCUT2D eigenvalue weighted by molar-refractivity contribution is 7.96. The van der Waals surface area contributed by atoms with E-state index in [9.17, 15) is 18.0 Å². The van der Waals surface area contributed by atoms with E-state index in [2.05, 4.69) is 5.32 Å². The standard InChI is InChI=1S/C27H21F3NOP.ClH/c28-27(29,30)21-16-18-22(19-17-21)31-26(32)20-33(23-10-4-1-5-11-23,24-12-6-2-7-13-24)25-14-8-3-9-15-25;/h1-19H,20H2;1H. The molecule has 0 atom stereocenters. The zero-order valence-corrected chi connectivity index (χ0v) is 19.7. The summed E-state index contributed by atoms with van der Waals surface area (Å²) in [5, 5.41) is 5.99. The molecule has 0 saturated carbocycles. The third-order valence-corrected chi connectivity index (χ3v) is 9.77. The van der Waals surface area contributed by atoms with E-state index in [1.807, 2.05) is 91.0 Å². The van der Waals surface area contributed by atoms with E-state index in [0.717, 1.165) is 28.0 Å². The van der Waals surface area contributed by atoms with Crippen LogP contribution in [0.1, 0.15) is 5.56 Å². The lowest BCUT2D eigenvalue weighted by Crippen LogP contribution is -3.00. The van der Waals surface area contributed by atoms with Gasteiger partial charge in [-0.05, 0) is 60.7 Å². The van der Waals surface area contributed by atoms with Gasteiger partial charge in [0.05, 0.1) is 5.56 Å². The van der Waals surface area contributed by atoms with E-state index in [1.165, 1.54) is 12.1 Å². The molecule has 1 N–H and O–H groups in total. The maximum atomic E-state index is 13.3. The van der Waals surface area contributed by atoms with Gasteiger partial charge in [-0.3, -0.25) is 4.79 Å². The summed E-state index contributed by atoms with van der Waals surface area (Å²) in [5.74, 6) is -0.250. The van der Waals surface area contributed by atoms with Crippen LogP contribution in [0, 0.1) is 0 Å². The van der Waals surface area contributed by atoms with Crippen LogP contribution in [0.3, 0.4) is 0 Å². The quantitative estimate of drug-likeness (QED) is 0.406. The normalized spacial score (nSPS) is 11.4. The molecule has 0 spiro atoms. The van der Waals surface area contributed by atoms with Gasteiger partial charge in [-0.25, -0.2) is 0 Å². The predicted molar refractivity (Wildman–Crippen MR) is 130 cm³/mol. The molecule has 0 aromatic heterocycles. The zero-order valence-electron chi connectivity index (χ0n) is 18.0. The molecule has 4 rings (SSSR count). The number of halogens is 4. The van der Waals surface area contributed by atoms with Crippen molar-refractivity contribution < 1.29 is 30.4 Å². The van der Waals surface area contributed by atoms with Crippen LogP contribution in [0.4, 0.5) is 18.9 Å². The van der Waals surface area contributed by atoms with Crippen LogP contribution in [0.15, 0.2) is 115 Å². The SMILES string of the molecule is O=C(C[P+](c1ccccc1)(c1ccccc1)c1ccccc1)Nc1ccc(C(F)(F)F)cc1.[Cl-]. The highest BCUT2D eigenvalue weighted by atomic mass is 35.5. The van der Waals surface area contributed by atoms with Crippen molar-refractivity contribution in [2.75, 3.05) is 11.5 Å². The van der Waals surface area contributed by atoms with Gasteiger partial charge < -0.3 is 17.7 Å². The smallest absolute Gasteiger partial charge is 0.416 e. The summed E-state index contributed by atoms with van der Waals surface area (Å²) in [7, 11) is -2.37. The number of rotatable bonds is 6. The van der Waals surface area contributed by atoms with E-state index < -0.39 is 19.0 Å². The van der Waals surface area contributed by atoms with Crippen molar-refractivity contribution in [3.63, 3.8) is 0 Å². The van der Waals surface area contributed by atoms with Crippen LogP contribution in [0.5, 0.6) is 0 Å². The van der Waals surface area contributed by atoms with Crippen molar-refractivity contribution in [1.29, 1.82) is 0 Å². The molecule has 4 aromatic rings. The Morgan fingerprint density at radius 1 is 0.647 bits per heavy atom. The van der Waals surface area contributed by atoms with E-state index in [1.54, 1.807) is 0 Å². The fourth-order valence-corrected chi connectivity index (χ4v) is 7.92. The molecule has 174 valence electrons. The minimum Gasteiger partial charge on any atom is -1.00 e. The molecule has 0 bridgehead atoms. The molecule has 0 aliphatic carbocycles. The maximum Gasteiger partial charge on any atom is 0.416 e. The van der Waals surface area contributed by atoms with Crippen LogP contribution in [0.2, 0.25) is 0 Å². The first kappa shape index (κ1) is 25.5. The van der Waals surface area contributed by atoms with Crippen LogP contribution >= 0.6 is 7.26 Å². The van der Waals surface area contributed by atoms with Gasteiger partial charge in [-0.2, -0.15) is 13.2 Å². The minimum atomic E-state index is -4.42. The third kappa shape index (κ3) is 5.49. The second-order valence-electron chi connectivity index (χ2n) is 7.60. The molecular weight excluding hydrogens is 478 g/mol. The number of carbonyl (C=O) groups is 1. The molecule has 0 fully saturated rings. The highest BCUT2D eigenvalue weighted by Crippen LogP contribution is 2.55. The van der Waals surface area contributed by atoms with Crippen molar-refractivity contribution in [2.24, 2.45) is 0 Å². The fourth-order valence-electron chi connectivity index (χ4n) is 3.93. The lowest BCUT2D eigenvalue weighted by atomic mass is 10.2. The van der Waals surface area contributed by atoms with Crippen molar-refractivity contribution in [3.8, 4) is 0 Å². The van der Waals surface area contributed by atoms with Crippen molar-refractivity contribution in [3.05, 3.63) is 121 Å². The van der Waals surface area contributed by atoms with Crippen LogP contribution in [-0.4, -0.2) is 12.1 Å². The Kier molecular flexibility index (Phi) is 8.14. The molecule has 1 amide bonds. The molecule has 0 aliphatic rings. The van der Waals surface area contributed by atoms with Crippen molar-refractivity contribution in [1.82, 2.24) is 0 Å². The Morgan fingerprint density at radius 2 is 1.03 bits per heavy atom. The summed E-state index contributed by atoms with van der Waals surface area (Å²) in [4.78, 5) is 13.3. The Hall–Kier alpha value is -3.14. The van der Waals surface area contributed by atoms with Gasteiger partial charge in [0.25, 0.3) is 5.91 Å². The van der Waals surface area contributed by atoms with E-state index in [4.69, 9.17) is 0 Å². The summed E-state index contributed by atoms with van der Waals surface area (Å²) < 4.78 is 38.7. The number of amides is 1. The summed E-state index contributed by atoms with van der Waals surface area (Å²) in [5.41, 5.74) is -0.416. The monoisotopic (exact) mass is 499 g/mol. The Bertz CT molecular complexity index is 1100. The van der Waals surface area contributed by atoms with Crippen molar-refractivity contribution >= 4 is 34.8 Å². The number of alkyl halides is 3. The molecule has 34 heavy (non-hydrogen) atoms. The van der Waals surface area contributed by atoms with Crippen LogP contribution < -0.4 is 33.6 Å². The summed E-state index contributed by atoms with van der Waals surface area (Å²) in [6.45, 7) is 0. The van der Waals surface area contributed by atoms with Crippen LogP contribution in [0.25, 0.3) is 0 Å². The first-order valence-corrected chi connectivity index (χ1v) is 12.4. The molecule has 0 unspecified atom stereocenters. The van der Waals surface area contributed by atoms with E-state index >= 15 is 0 Å². The molecular formula is C27H22ClF3NOP. The molecule has 0 aliphatic heterocycles. The van der Waals surface area contributed by atoms with E-state index in [-0.39, 0.29) is 24.5 Å². The van der Waals surface area contributed by atoms with E-state index in [0.29, 0.717) is 5.69 Å². The number of anilines is 1. The van der Waals surface area contributed by atoms with Gasteiger partial charge in [0.1, 0.15) is 23.2 Å². The Morgan fingerprint density at radius 3 is 1.38 bits per heavy atom. The molecule has 0 radical (unpaired) electrons. The molecule has 0 heterocycles. The number of nitrogens with one attached hydrogen (secondary N) is 1. The molecule has 0 saturated heterocycles. The fraction of sp³-hybridized carbons (Fsp3) is 0.0741.